The molecule has 4 nitrogen and oxygen atoms in total. The first-order valence-corrected chi connectivity index (χ1v) is 7.32. The van der Waals surface area contributed by atoms with Crippen LogP contribution in [0, 0.1) is 6.92 Å². The molecule has 1 aromatic heterocycles. The molecule has 20 heavy (non-hydrogen) atoms. The van der Waals surface area contributed by atoms with E-state index in [1.54, 1.807) is 25.6 Å². The number of aryl methyl sites for hydroxylation is 1. The van der Waals surface area contributed by atoms with Gasteiger partial charge in [-0.05, 0) is 32.0 Å². The molecule has 0 bridgehead atoms. The van der Waals surface area contributed by atoms with Gasteiger partial charge < -0.3 is 14.8 Å². The lowest BCUT2D eigenvalue weighted by atomic mass is 10.1. The van der Waals surface area contributed by atoms with Crippen molar-refractivity contribution in [3.05, 3.63) is 39.8 Å². The van der Waals surface area contributed by atoms with Gasteiger partial charge in [0, 0.05) is 23.2 Å². The third-order valence-corrected chi connectivity index (χ3v) is 4.19. The molecule has 1 aromatic carbocycles. The van der Waals surface area contributed by atoms with Gasteiger partial charge in [0.15, 0.2) is 0 Å². The Morgan fingerprint density at radius 3 is 2.70 bits per heavy atom. The van der Waals surface area contributed by atoms with Crippen molar-refractivity contribution in [2.24, 2.45) is 0 Å². The number of thiazole rings is 1. The van der Waals surface area contributed by atoms with Gasteiger partial charge in [0.25, 0.3) is 0 Å². The van der Waals surface area contributed by atoms with Crippen molar-refractivity contribution < 1.29 is 9.47 Å². The van der Waals surface area contributed by atoms with E-state index in [-0.39, 0.29) is 6.04 Å². The van der Waals surface area contributed by atoms with Crippen LogP contribution in [0.15, 0.2) is 24.4 Å². The van der Waals surface area contributed by atoms with E-state index in [1.807, 2.05) is 24.4 Å². The maximum absolute atomic E-state index is 5.38. The molecule has 5 heteroatoms. The smallest absolute Gasteiger partial charge is 0.123 e. The van der Waals surface area contributed by atoms with E-state index < -0.39 is 0 Å². The SMILES string of the molecule is COc1ccc(OC)c(CNC(C)c2ncc(C)s2)c1. The van der Waals surface area contributed by atoms with E-state index in [0.717, 1.165) is 22.1 Å². The van der Waals surface area contributed by atoms with Gasteiger partial charge in [0.1, 0.15) is 16.5 Å². The van der Waals surface area contributed by atoms with Gasteiger partial charge in [0.05, 0.1) is 20.3 Å². The number of aromatic nitrogens is 1. The summed E-state index contributed by atoms with van der Waals surface area (Å²) in [6.07, 6.45) is 1.91. The second-order valence-electron chi connectivity index (χ2n) is 4.59. The third-order valence-electron chi connectivity index (χ3n) is 3.10. The van der Waals surface area contributed by atoms with Crippen molar-refractivity contribution in [2.45, 2.75) is 26.4 Å². The molecule has 0 saturated carbocycles. The van der Waals surface area contributed by atoms with Crippen LogP contribution in [0.1, 0.15) is 28.4 Å². The molecule has 108 valence electrons. The largest absolute Gasteiger partial charge is 0.497 e. The van der Waals surface area contributed by atoms with Gasteiger partial charge in [-0.2, -0.15) is 0 Å². The number of rotatable bonds is 6. The Bertz CT molecular complexity index is 569. The van der Waals surface area contributed by atoms with Gasteiger partial charge in [-0.3, -0.25) is 0 Å². The topological polar surface area (TPSA) is 43.4 Å². The first-order chi connectivity index (χ1) is 9.63. The van der Waals surface area contributed by atoms with Crippen molar-refractivity contribution in [3.63, 3.8) is 0 Å². The summed E-state index contributed by atoms with van der Waals surface area (Å²) in [4.78, 5) is 5.63. The van der Waals surface area contributed by atoms with Crippen LogP contribution in [0.5, 0.6) is 11.5 Å². The van der Waals surface area contributed by atoms with Gasteiger partial charge in [-0.1, -0.05) is 0 Å². The third kappa shape index (κ3) is 3.49. The molecule has 0 saturated heterocycles. The van der Waals surface area contributed by atoms with Crippen molar-refractivity contribution in [1.29, 1.82) is 0 Å². The van der Waals surface area contributed by atoms with E-state index >= 15 is 0 Å². The zero-order valence-electron chi connectivity index (χ0n) is 12.3. The second kappa shape index (κ2) is 6.72. The molecule has 0 aliphatic carbocycles. The minimum Gasteiger partial charge on any atom is -0.497 e. The summed E-state index contributed by atoms with van der Waals surface area (Å²) < 4.78 is 10.6. The van der Waals surface area contributed by atoms with E-state index in [1.165, 1.54) is 4.88 Å². The quantitative estimate of drug-likeness (QED) is 0.887. The number of nitrogens with one attached hydrogen (secondary N) is 1. The number of hydrogen-bond donors (Lipinski definition) is 1. The summed E-state index contributed by atoms with van der Waals surface area (Å²) in [5.41, 5.74) is 1.08. The Balaban J connectivity index is 2.06. The van der Waals surface area contributed by atoms with Crippen molar-refractivity contribution in [3.8, 4) is 11.5 Å². The molecule has 1 unspecified atom stereocenters. The molecule has 0 amide bonds. The fourth-order valence-corrected chi connectivity index (χ4v) is 2.74. The second-order valence-corrected chi connectivity index (χ2v) is 5.86. The monoisotopic (exact) mass is 292 g/mol. The number of hydrogen-bond acceptors (Lipinski definition) is 5. The molecule has 2 rings (SSSR count). The predicted molar refractivity (Wildman–Crippen MR) is 81.7 cm³/mol. The minimum atomic E-state index is 0.213. The number of methoxy groups -OCH3 is 2. The highest BCUT2D eigenvalue weighted by atomic mass is 32.1. The van der Waals surface area contributed by atoms with Crippen molar-refractivity contribution in [2.75, 3.05) is 14.2 Å². The fraction of sp³-hybridized carbons (Fsp3) is 0.400. The Labute approximate surface area is 123 Å². The molecular weight excluding hydrogens is 272 g/mol. The molecule has 0 fully saturated rings. The lowest BCUT2D eigenvalue weighted by molar-refractivity contribution is 0.395. The molecule has 0 aliphatic heterocycles. The average molecular weight is 292 g/mol. The summed E-state index contributed by atoms with van der Waals surface area (Å²) in [5.74, 6) is 1.70. The van der Waals surface area contributed by atoms with Gasteiger partial charge in [-0.15, -0.1) is 11.3 Å². The number of nitrogens with zero attached hydrogens (tertiary/aromatic N) is 1. The molecule has 0 aliphatic rings. The molecular formula is C15H20N2O2S. The van der Waals surface area contributed by atoms with E-state index in [2.05, 4.69) is 24.1 Å². The average Bonchev–Trinajstić information content (AvgIpc) is 2.91. The summed E-state index contributed by atoms with van der Waals surface area (Å²) in [6, 6.07) is 6.03. The first-order valence-electron chi connectivity index (χ1n) is 6.50. The first kappa shape index (κ1) is 14.8. The van der Waals surface area contributed by atoms with Gasteiger partial charge in [-0.25, -0.2) is 4.98 Å². The zero-order chi connectivity index (χ0) is 14.5. The van der Waals surface area contributed by atoms with Crippen LogP contribution < -0.4 is 14.8 Å². The van der Waals surface area contributed by atoms with Crippen LogP contribution in [-0.4, -0.2) is 19.2 Å². The Hall–Kier alpha value is -1.59. The highest BCUT2D eigenvalue weighted by Gasteiger charge is 2.11. The predicted octanol–water partition coefficient (Wildman–Crippen LogP) is 3.32. The number of ether oxygens (including phenoxy) is 2. The molecule has 2 aromatic rings. The lowest BCUT2D eigenvalue weighted by Crippen LogP contribution is -2.18. The molecule has 1 heterocycles. The van der Waals surface area contributed by atoms with Gasteiger partial charge in [0.2, 0.25) is 0 Å². The van der Waals surface area contributed by atoms with Crippen LogP contribution in [0.25, 0.3) is 0 Å². The summed E-state index contributed by atoms with van der Waals surface area (Å²) >= 11 is 1.72. The zero-order valence-corrected chi connectivity index (χ0v) is 13.1. The van der Waals surface area contributed by atoms with Crippen LogP contribution in [0.4, 0.5) is 0 Å². The van der Waals surface area contributed by atoms with Gasteiger partial charge >= 0.3 is 0 Å². The summed E-state index contributed by atoms with van der Waals surface area (Å²) in [5, 5.41) is 4.57. The maximum atomic E-state index is 5.38. The highest BCUT2D eigenvalue weighted by molar-refractivity contribution is 7.11. The Morgan fingerprint density at radius 2 is 2.10 bits per heavy atom. The Kier molecular flexibility index (Phi) is 4.98. The van der Waals surface area contributed by atoms with E-state index in [4.69, 9.17) is 9.47 Å². The molecule has 1 N–H and O–H groups in total. The number of benzene rings is 1. The molecule has 0 radical (unpaired) electrons. The van der Waals surface area contributed by atoms with Crippen LogP contribution in [0.2, 0.25) is 0 Å². The maximum Gasteiger partial charge on any atom is 0.123 e. The standard InChI is InChI=1S/C15H20N2O2S/c1-10-8-17-15(20-10)11(2)16-9-12-7-13(18-3)5-6-14(12)19-4/h5-8,11,16H,9H2,1-4H3. The van der Waals surface area contributed by atoms with E-state index in [0.29, 0.717) is 6.54 Å². The summed E-state index contributed by atoms with van der Waals surface area (Å²) in [7, 11) is 3.35. The van der Waals surface area contributed by atoms with Crippen LogP contribution in [0.3, 0.4) is 0 Å². The molecule has 0 spiro atoms. The summed E-state index contributed by atoms with van der Waals surface area (Å²) in [6.45, 7) is 4.89. The Morgan fingerprint density at radius 1 is 1.30 bits per heavy atom. The van der Waals surface area contributed by atoms with Crippen LogP contribution in [-0.2, 0) is 6.54 Å². The minimum absolute atomic E-state index is 0.213. The van der Waals surface area contributed by atoms with Crippen molar-refractivity contribution >= 4 is 11.3 Å². The fourth-order valence-electron chi connectivity index (χ4n) is 1.94. The van der Waals surface area contributed by atoms with Crippen molar-refractivity contribution in [1.82, 2.24) is 10.3 Å². The molecule has 1 atom stereocenters. The van der Waals surface area contributed by atoms with E-state index in [9.17, 15) is 0 Å². The normalized spacial score (nSPS) is 12.2. The highest BCUT2D eigenvalue weighted by Crippen LogP contribution is 2.25. The lowest BCUT2D eigenvalue weighted by Gasteiger charge is -2.14. The van der Waals surface area contributed by atoms with Crippen LogP contribution >= 0.6 is 11.3 Å².